The van der Waals surface area contributed by atoms with Gasteiger partial charge in [-0.05, 0) is 54.8 Å². The highest BCUT2D eigenvalue weighted by Crippen LogP contribution is 2.11. The Kier molecular flexibility index (Phi) is 7.36. The van der Waals surface area contributed by atoms with Gasteiger partial charge in [-0.1, -0.05) is 24.3 Å². The van der Waals surface area contributed by atoms with E-state index in [1.165, 1.54) is 18.2 Å². The van der Waals surface area contributed by atoms with Crippen molar-refractivity contribution in [1.29, 1.82) is 0 Å². The third-order valence-electron chi connectivity index (χ3n) is 3.48. The summed E-state index contributed by atoms with van der Waals surface area (Å²) >= 11 is 0. The van der Waals surface area contributed by atoms with Crippen LogP contribution in [-0.4, -0.2) is 25.2 Å². The maximum absolute atomic E-state index is 12.8. The SMILES string of the molecule is CCOC(=O)/C=C/c1ccc(NC(=O)NCCc2ccc(F)cc2)cc1. The summed E-state index contributed by atoms with van der Waals surface area (Å²) in [4.78, 5) is 23.1. The number of nitrogens with one attached hydrogen (secondary N) is 2. The number of hydrogen-bond donors (Lipinski definition) is 2. The average Bonchev–Trinajstić information content (AvgIpc) is 2.63. The van der Waals surface area contributed by atoms with Crippen molar-refractivity contribution in [3.8, 4) is 0 Å². The lowest BCUT2D eigenvalue weighted by atomic mass is 10.1. The molecule has 2 rings (SSSR count). The summed E-state index contributed by atoms with van der Waals surface area (Å²) in [5, 5.41) is 5.47. The zero-order chi connectivity index (χ0) is 18.8. The lowest BCUT2D eigenvalue weighted by molar-refractivity contribution is -0.137. The molecule has 5 nitrogen and oxygen atoms in total. The summed E-state index contributed by atoms with van der Waals surface area (Å²) in [7, 11) is 0. The van der Waals surface area contributed by atoms with Gasteiger partial charge >= 0.3 is 12.0 Å². The first-order chi connectivity index (χ1) is 12.6. The Morgan fingerprint density at radius 3 is 2.42 bits per heavy atom. The van der Waals surface area contributed by atoms with Gasteiger partial charge in [0.15, 0.2) is 0 Å². The Morgan fingerprint density at radius 1 is 1.08 bits per heavy atom. The Bertz CT molecular complexity index is 756. The topological polar surface area (TPSA) is 67.4 Å². The minimum Gasteiger partial charge on any atom is -0.463 e. The number of hydrogen-bond acceptors (Lipinski definition) is 3. The van der Waals surface area contributed by atoms with Gasteiger partial charge < -0.3 is 15.4 Å². The van der Waals surface area contributed by atoms with Gasteiger partial charge in [-0.15, -0.1) is 0 Å². The van der Waals surface area contributed by atoms with Crippen LogP contribution in [0.25, 0.3) is 6.08 Å². The lowest BCUT2D eigenvalue weighted by Gasteiger charge is -2.08. The van der Waals surface area contributed by atoms with Crippen LogP contribution in [-0.2, 0) is 16.0 Å². The predicted molar refractivity (Wildman–Crippen MR) is 99.2 cm³/mol. The Balaban J connectivity index is 1.76. The van der Waals surface area contributed by atoms with Gasteiger partial charge in [-0.25, -0.2) is 14.0 Å². The molecule has 0 unspecified atom stereocenters. The van der Waals surface area contributed by atoms with E-state index in [1.54, 1.807) is 49.4 Å². The summed E-state index contributed by atoms with van der Waals surface area (Å²) in [6.45, 7) is 2.52. The molecular weight excluding hydrogens is 335 g/mol. The molecule has 0 aliphatic rings. The number of rotatable bonds is 7. The van der Waals surface area contributed by atoms with Crippen LogP contribution in [0.3, 0.4) is 0 Å². The van der Waals surface area contributed by atoms with Crippen LogP contribution in [0, 0.1) is 5.82 Å². The molecule has 0 heterocycles. The smallest absolute Gasteiger partial charge is 0.330 e. The van der Waals surface area contributed by atoms with E-state index in [-0.39, 0.29) is 11.8 Å². The number of urea groups is 1. The highest BCUT2D eigenvalue weighted by atomic mass is 19.1. The van der Waals surface area contributed by atoms with E-state index in [0.29, 0.717) is 25.3 Å². The van der Waals surface area contributed by atoms with Crippen LogP contribution in [0.5, 0.6) is 0 Å². The molecule has 2 aromatic rings. The zero-order valence-corrected chi connectivity index (χ0v) is 14.5. The van der Waals surface area contributed by atoms with E-state index in [0.717, 1.165) is 11.1 Å². The summed E-state index contributed by atoms with van der Waals surface area (Å²) in [6.07, 6.45) is 3.62. The first-order valence-corrected chi connectivity index (χ1v) is 8.31. The Morgan fingerprint density at radius 2 is 1.77 bits per heavy atom. The van der Waals surface area contributed by atoms with Gasteiger partial charge in [-0.3, -0.25) is 0 Å². The maximum Gasteiger partial charge on any atom is 0.330 e. The van der Waals surface area contributed by atoms with E-state index in [2.05, 4.69) is 10.6 Å². The van der Waals surface area contributed by atoms with Crippen LogP contribution in [0.2, 0.25) is 0 Å². The molecular formula is C20H21FN2O3. The van der Waals surface area contributed by atoms with Gasteiger partial charge in [0.05, 0.1) is 6.61 Å². The number of benzene rings is 2. The van der Waals surface area contributed by atoms with Gasteiger partial charge in [-0.2, -0.15) is 0 Å². The largest absolute Gasteiger partial charge is 0.463 e. The molecule has 0 saturated carbocycles. The van der Waals surface area contributed by atoms with Crippen molar-refractivity contribution in [2.24, 2.45) is 0 Å². The maximum atomic E-state index is 12.8. The van der Waals surface area contributed by atoms with E-state index < -0.39 is 5.97 Å². The summed E-state index contributed by atoms with van der Waals surface area (Å²) in [6, 6.07) is 12.9. The fraction of sp³-hybridized carbons (Fsp3) is 0.200. The van der Waals surface area contributed by atoms with E-state index in [4.69, 9.17) is 4.74 Å². The van der Waals surface area contributed by atoms with E-state index >= 15 is 0 Å². The summed E-state index contributed by atoms with van der Waals surface area (Å²) in [5.74, 6) is -0.671. The monoisotopic (exact) mass is 356 g/mol. The van der Waals surface area contributed by atoms with Crippen LogP contribution in [0.1, 0.15) is 18.1 Å². The minimum atomic E-state index is -0.393. The molecule has 136 valence electrons. The Labute approximate surface area is 151 Å². The van der Waals surface area contributed by atoms with Crippen molar-refractivity contribution in [1.82, 2.24) is 5.32 Å². The molecule has 0 fully saturated rings. The number of ether oxygens (including phenoxy) is 1. The number of carbonyl (C=O) groups is 2. The van der Waals surface area contributed by atoms with Crippen LogP contribution in [0.15, 0.2) is 54.6 Å². The molecule has 6 heteroatoms. The molecule has 0 saturated heterocycles. The third-order valence-corrected chi connectivity index (χ3v) is 3.48. The Hall–Kier alpha value is -3.15. The first-order valence-electron chi connectivity index (χ1n) is 8.31. The predicted octanol–water partition coefficient (Wildman–Crippen LogP) is 3.77. The van der Waals surface area contributed by atoms with Crippen molar-refractivity contribution >= 4 is 23.8 Å². The van der Waals surface area contributed by atoms with Crippen molar-refractivity contribution in [3.05, 3.63) is 71.6 Å². The zero-order valence-electron chi connectivity index (χ0n) is 14.5. The number of amides is 2. The number of carbonyl (C=O) groups excluding carboxylic acids is 2. The second kappa shape index (κ2) is 9.98. The lowest BCUT2D eigenvalue weighted by Crippen LogP contribution is -2.30. The van der Waals surface area contributed by atoms with E-state index in [9.17, 15) is 14.0 Å². The van der Waals surface area contributed by atoms with Crippen LogP contribution >= 0.6 is 0 Å². The van der Waals surface area contributed by atoms with Crippen molar-refractivity contribution in [3.63, 3.8) is 0 Å². The molecule has 2 aromatic carbocycles. The second-order valence-corrected chi connectivity index (χ2v) is 5.46. The van der Waals surface area contributed by atoms with Crippen LogP contribution in [0.4, 0.5) is 14.9 Å². The molecule has 0 aromatic heterocycles. The number of halogens is 1. The van der Waals surface area contributed by atoms with Gasteiger partial charge in [0.2, 0.25) is 0 Å². The van der Waals surface area contributed by atoms with E-state index in [1.807, 2.05) is 0 Å². The number of anilines is 1. The highest BCUT2D eigenvalue weighted by Gasteiger charge is 2.02. The summed E-state index contributed by atoms with van der Waals surface area (Å²) < 4.78 is 17.6. The molecule has 0 atom stereocenters. The molecule has 0 radical (unpaired) electrons. The fourth-order valence-corrected chi connectivity index (χ4v) is 2.18. The molecule has 0 spiro atoms. The molecule has 2 amide bonds. The fourth-order valence-electron chi connectivity index (χ4n) is 2.18. The number of esters is 1. The standard InChI is InChI=1S/C20H21FN2O3/c1-2-26-19(24)12-7-15-5-10-18(11-6-15)23-20(25)22-14-13-16-3-8-17(21)9-4-16/h3-12H,2,13-14H2,1H3,(H2,22,23,25)/b12-7+. The first kappa shape index (κ1) is 19.2. The molecule has 26 heavy (non-hydrogen) atoms. The van der Waals surface area contributed by atoms with Gasteiger partial charge in [0, 0.05) is 18.3 Å². The molecule has 0 aliphatic carbocycles. The van der Waals surface area contributed by atoms with Gasteiger partial charge in [0.1, 0.15) is 5.82 Å². The average molecular weight is 356 g/mol. The molecule has 0 aliphatic heterocycles. The van der Waals surface area contributed by atoms with Crippen molar-refractivity contribution < 1.29 is 18.7 Å². The van der Waals surface area contributed by atoms with Crippen molar-refractivity contribution in [2.45, 2.75) is 13.3 Å². The van der Waals surface area contributed by atoms with Crippen LogP contribution < -0.4 is 10.6 Å². The third kappa shape index (κ3) is 6.76. The molecule has 0 bridgehead atoms. The van der Waals surface area contributed by atoms with Gasteiger partial charge in [0.25, 0.3) is 0 Å². The second-order valence-electron chi connectivity index (χ2n) is 5.46. The molecule has 2 N–H and O–H groups in total. The van der Waals surface area contributed by atoms with Crippen molar-refractivity contribution in [2.75, 3.05) is 18.5 Å². The normalized spacial score (nSPS) is 10.5. The summed E-state index contributed by atoms with van der Waals surface area (Å²) in [5.41, 5.74) is 2.40. The minimum absolute atomic E-state index is 0.278. The highest BCUT2D eigenvalue weighted by molar-refractivity contribution is 5.90. The quantitative estimate of drug-likeness (QED) is 0.586.